The Morgan fingerprint density at radius 3 is 2.53 bits per heavy atom. The van der Waals surface area contributed by atoms with E-state index in [1.54, 1.807) is 6.21 Å². The molecule has 0 atom stereocenters. The number of thiocarbonyl (C=S) groups is 1. The van der Waals surface area contributed by atoms with E-state index in [0.717, 1.165) is 16.8 Å². The number of benzene rings is 3. The summed E-state index contributed by atoms with van der Waals surface area (Å²) in [4.78, 5) is 0. The molecule has 7 heteroatoms. The van der Waals surface area contributed by atoms with E-state index in [4.69, 9.17) is 33.3 Å². The smallest absolute Gasteiger partial charge is 0.191 e. The summed E-state index contributed by atoms with van der Waals surface area (Å²) in [7, 11) is 0. The van der Waals surface area contributed by atoms with Gasteiger partial charge < -0.3 is 14.8 Å². The maximum Gasteiger partial charge on any atom is 0.191 e. The van der Waals surface area contributed by atoms with Crippen LogP contribution >= 0.6 is 23.8 Å². The monoisotopic (exact) mass is 439 g/mol. The molecule has 0 aliphatic heterocycles. The molecule has 154 valence electrons. The zero-order chi connectivity index (χ0) is 21.2. The molecule has 5 nitrogen and oxygen atoms in total. The Morgan fingerprint density at radius 1 is 1.00 bits per heavy atom. The Hall–Kier alpha value is -3.09. The van der Waals surface area contributed by atoms with Crippen LogP contribution in [0.15, 0.2) is 77.9 Å². The molecule has 0 radical (unpaired) electrons. The highest BCUT2D eigenvalue weighted by atomic mass is 35.5. The van der Waals surface area contributed by atoms with Crippen LogP contribution in [0.25, 0.3) is 0 Å². The van der Waals surface area contributed by atoms with Crippen LogP contribution in [0.1, 0.15) is 18.1 Å². The molecular weight excluding hydrogens is 418 g/mol. The summed E-state index contributed by atoms with van der Waals surface area (Å²) in [6, 6.07) is 22.8. The van der Waals surface area contributed by atoms with E-state index < -0.39 is 0 Å². The number of para-hydroxylation sites is 1. The second-order valence-electron chi connectivity index (χ2n) is 6.21. The molecule has 0 unspecified atom stereocenters. The van der Waals surface area contributed by atoms with Crippen molar-refractivity contribution in [2.24, 2.45) is 5.10 Å². The van der Waals surface area contributed by atoms with Gasteiger partial charge in [0.1, 0.15) is 6.61 Å². The Morgan fingerprint density at radius 2 is 1.77 bits per heavy atom. The van der Waals surface area contributed by atoms with E-state index in [2.05, 4.69) is 15.8 Å². The fourth-order valence-corrected chi connectivity index (χ4v) is 2.97. The number of nitrogens with zero attached hydrogens (tertiary/aromatic N) is 1. The lowest BCUT2D eigenvalue weighted by atomic mass is 10.2. The second-order valence-corrected chi connectivity index (χ2v) is 7.02. The van der Waals surface area contributed by atoms with Gasteiger partial charge in [-0.1, -0.05) is 48.0 Å². The average molecular weight is 440 g/mol. The first kappa shape index (κ1) is 21.6. The number of hydrogen-bond acceptors (Lipinski definition) is 4. The zero-order valence-corrected chi connectivity index (χ0v) is 18.0. The highest BCUT2D eigenvalue weighted by Crippen LogP contribution is 2.29. The lowest BCUT2D eigenvalue weighted by Crippen LogP contribution is -2.23. The normalized spacial score (nSPS) is 10.6. The molecule has 3 aromatic carbocycles. The van der Waals surface area contributed by atoms with Crippen LogP contribution in [-0.4, -0.2) is 17.9 Å². The average Bonchev–Trinajstić information content (AvgIpc) is 2.75. The van der Waals surface area contributed by atoms with E-state index in [0.29, 0.717) is 34.8 Å². The van der Waals surface area contributed by atoms with Gasteiger partial charge in [-0.15, -0.1) is 0 Å². The van der Waals surface area contributed by atoms with Crippen LogP contribution in [0.3, 0.4) is 0 Å². The third-order valence-corrected chi connectivity index (χ3v) is 4.58. The second kappa shape index (κ2) is 11.2. The standard InChI is InChI=1S/C23H22ClN3O2S/c1-2-28-21-13-12-17(14-22(21)29-16-18-8-6-7-11-20(18)24)15-25-27-23(30)26-19-9-4-3-5-10-19/h3-15H,2,16H2,1H3,(H2,26,27,30)/b25-15+. The molecular formula is C23H22ClN3O2S. The van der Waals surface area contributed by atoms with Crippen molar-refractivity contribution in [3.8, 4) is 11.5 Å². The van der Waals surface area contributed by atoms with E-state index in [-0.39, 0.29) is 0 Å². The van der Waals surface area contributed by atoms with Gasteiger partial charge in [-0.3, -0.25) is 5.43 Å². The summed E-state index contributed by atoms with van der Waals surface area (Å²) < 4.78 is 11.6. The number of anilines is 1. The first-order chi connectivity index (χ1) is 14.7. The molecule has 0 heterocycles. The zero-order valence-electron chi connectivity index (χ0n) is 16.5. The summed E-state index contributed by atoms with van der Waals surface area (Å²) in [5.41, 5.74) is 5.43. The van der Waals surface area contributed by atoms with Crippen molar-refractivity contribution >= 4 is 40.8 Å². The van der Waals surface area contributed by atoms with Gasteiger partial charge in [0.2, 0.25) is 0 Å². The predicted molar refractivity (Wildman–Crippen MR) is 127 cm³/mol. The molecule has 3 aromatic rings. The lowest BCUT2D eigenvalue weighted by Gasteiger charge is -2.13. The maximum absolute atomic E-state index is 6.22. The number of rotatable bonds is 8. The SMILES string of the molecule is CCOc1ccc(/C=N/NC(=S)Nc2ccccc2)cc1OCc1ccccc1Cl. The summed E-state index contributed by atoms with van der Waals surface area (Å²) in [5.74, 6) is 1.28. The van der Waals surface area contributed by atoms with Crippen molar-refractivity contribution in [1.82, 2.24) is 5.43 Å². The van der Waals surface area contributed by atoms with Crippen molar-refractivity contribution in [3.63, 3.8) is 0 Å². The molecule has 0 amide bonds. The van der Waals surface area contributed by atoms with Crippen molar-refractivity contribution in [3.05, 3.63) is 88.9 Å². The third-order valence-electron chi connectivity index (χ3n) is 4.02. The number of ether oxygens (including phenoxy) is 2. The number of nitrogens with one attached hydrogen (secondary N) is 2. The first-order valence-electron chi connectivity index (χ1n) is 9.44. The fourth-order valence-electron chi connectivity index (χ4n) is 2.61. The van der Waals surface area contributed by atoms with Crippen LogP contribution < -0.4 is 20.2 Å². The summed E-state index contributed by atoms with van der Waals surface area (Å²) in [6.07, 6.45) is 1.66. The molecule has 0 saturated heterocycles. The quantitative estimate of drug-likeness (QED) is 0.270. The van der Waals surface area contributed by atoms with Gasteiger partial charge in [0.15, 0.2) is 16.6 Å². The van der Waals surface area contributed by atoms with Gasteiger partial charge >= 0.3 is 0 Å². The van der Waals surface area contributed by atoms with Crippen LogP contribution in [-0.2, 0) is 6.61 Å². The minimum atomic E-state index is 0.337. The van der Waals surface area contributed by atoms with Gasteiger partial charge in [0.05, 0.1) is 12.8 Å². The third kappa shape index (κ3) is 6.47. The van der Waals surface area contributed by atoms with Gasteiger partial charge in [-0.25, -0.2) is 0 Å². The van der Waals surface area contributed by atoms with Crippen LogP contribution in [0.2, 0.25) is 5.02 Å². The summed E-state index contributed by atoms with van der Waals surface area (Å²) >= 11 is 11.5. The number of hydrazone groups is 1. The van der Waals surface area contributed by atoms with Gasteiger partial charge in [0.25, 0.3) is 0 Å². The van der Waals surface area contributed by atoms with E-state index >= 15 is 0 Å². The van der Waals surface area contributed by atoms with Crippen LogP contribution in [0, 0.1) is 0 Å². The summed E-state index contributed by atoms with van der Waals surface area (Å²) in [5, 5.41) is 8.31. The minimum Gasteiger partial charge on any atom is -0.490 e. The van der Waals surface area contributed by atoms with Crippen LogP contribution in [0.5, 0.6) is 11.5 Å². The molecule has 0 saturated carbocycles. The lowest BCUT2D eigenvalue weighted by molar-refractivity contribution is 0.269. The van der Waals surface area contributed by atoms with Crippen LogP contribution in [0.4, 0.5) is 5.69 Å². The Bertz CT molecular complexity index is 1010. The molecule has 0 aliphatic rings. The van der Waals surface area contributed by atoms with Crippen molar-refractivity contribution < 1.29 is 9.47 Å². The minimum absolute atomic E-state index is 0.337. The molecule has 0 bridgehead atoms. The Kier molecular flexibility index (Phi) is 8.06. The molecule has 0 aliphatic carbocycles. The van der Waals surface area contributed by atoms with Gasteiger partial charge in [0, 0.05) is 16.3 Å². The molecule has 3 rings (SSSR count). The van der Waals surface area contributed by atoms with Gasteiger partial charge in [-0.05, 0) is 61.1 Å². The molecule has 0 aromatic heterocycles. The Balaban J connectivity index is 1.64. The topological polar surface area (TPSA) is 54.9 Å². The summed E-state index contributed by atoms with van der Waals surface area (Å²) in [6.45, 7) is 2.80. The van der Waals surface area contributed by atoms with E-state index in [1.807, 2.05) is 79.7 Å². The number of hydrogen-bond donors (Lipinski definition) is 2. The van der Waals surface area contributed by atoms with E-state index in [9.17, 15) is 0 Å². The van der Waals surface area contributed by atoms with E-state index in [1.165, 1.54) is 0 Å². The highest BCUT2D eigenvalue weighted by molar-refractivity contribution is 7.80. The van der Waals surface area contributed by atoms with Crippen molar-refractivity contribution in [2.75, 3.05) is 11.9 Å². The van der Waals surface area contributed by atoms with Gasteiger partial charge in [-0.2, -0.15) is 5.10 Å². The maximum atomic E-state index is 6.22. The molecule has 0 fully saturated rings. The Labute approximate surface area is 186 Å². The molecule has 30 heavy (non-hydrogen) atoms. The largest absolute Gasteiger partial charge is 0.490 e. The first-order valence-corrected chi connectivity index (χ1v) is 10.2. The highest BCUT2D eigenvalue weighted by Gasteiger charge is 2.08. The molecule has 2 N–H and O–H groups in total. The number of halogens is 1. The predicted octanol–water partition coefficient (Wildman–Crippen LogP) is 5.64. The molecule has 0 spiro atoms. The van der Waals surface area contributed by atoms with Crippen molar-refractivity contribution in [2.45, 2.75) is 13.5 Å². The fraction of sp³-hybridized carbons (Fsp3) is 0.130. The van der Waals surface area contributed by atoms with Crippen molar-refractivity contribution in [1.29, 1.82) is 0 Å².